The number of ether oxygens (including phenoxy) is 3. The van der Waals surface area contributed by atoms with Crippen LogP contribution in [0.1, 0.15) is 5.56 Å². The van der Waals surface area contributed by atoms with Gasteiger partial charge in [-0.15, -0.1) is 0 Å². The maximum Gasteiger partial charge on any atom is 0.310 e. The van der Waals surface area contributed by atoms with Gasteiger partial charge in [0.05, 0.1) is 26.3 Å². The fourth-order valence-corrected chi connectivity index (χ4v) is 2.48. The Morgan fingerprint density at radius 2 is 1.84 bits per heavy atom. The number of anilines is 1. The van der Waals surface area contributed by atoms with Crippen molar-refractivity contribution >= 4 is 33.5 Å². The van der Waals surface area contributed by atoms with Gasteiger partial charge in [-0.3, -0.25) is 9.59 Å². The SMILES string of the molecule is COc1ccc(CC(=O)OCC(=O)Nc2ccccc2Br)c(OC)c1. The first-order valence-corrected chi connectivity index (χ1v) is 8.23. The lowest BCUT2D eigenvalue weighted by Gasteiger charge is -2.11. The first-order valence-electron chi connectivity index (χ1n) is 7.44. The van der Waals surface area contributed by atoms with E-state index in [9.17, 15) is 9.59 Å². The third kappa shape index (κ3) is 5.49. The highest BCUT2D eigenvalue weighted by Gasteiger charge is 2.13. The second-order valence-electron chi connectivity index (χ2n) is 5.04. The van der Waals surface area contributed by atoms with Crippen LogP contribution in [0.25, 0.3) is 0 Å². The Labute approximate surface area is 154 Å². The monoisotopic (exact) mass is 407 g/mol. The molecule has 7 heteroatoms. The largest absolute Gasteiger partial charge is 0.497 e. The fraction of sp³-hybridized carbons (Fsp3) is 0.222. The summed E-state index contributed by atoms with van der Waals surface area (Å²) in [5.41, 5.74) is 1.26. The Hall–Kier alpha value is -2.54. The molecule has 0 saturated carbocycles. The molecule has 0 radical (unpaired) electrons. The second kappa shape index (κ2) is 9.08. The van der Waals surface area contributed by atoms with Crippen LogP contribution in [-0.2, 0) is 20.7 Å². The maximum atomic E-state index is 12.0. The fourth-order valence-electron chi connectivity index (χ4n) is 2.10. The molecule has 0 aromatic heterocycles. The average molecular weight is 408 g/mol. The number of para-hydroxylation sites is 1. The van der Waals surface area contributed by atoms with Crippen LogP contribution in [0, 0.1) is 0 Å². The molecule has 2 aromatic rings. The van der Waals surface area contributed by atoms with Gasteiger partial charge < -0.3 is 19.5 Å². The third-order valence-electron chi connectivity index (χ3n) is 3.34. The van der Waals surface area contributed by atoms with E-state index in [-0.39, 0.29) is 13.0 Å². The molecule has 0 saturated heterocycles. The van der Waals surface area contributed by atoms with E-state index in [4.69, 9.17) is 14.2 Å². The van der Waals surface area contributed by atoms with Crippen LogP contribution in [0.5, 0.6) is 11.5 Å². The lowest BCUT2D eigenvalue weighted by atomic mass is 10.1. The van der Waals surface area contributed by atoms with E-state index >= 15 is 0 Å². The zero-order valence-corrected chi connectivity index (χ0v) is 15.5. The summed E-state index contributed by atoms with van der Waals surface area (Å²) in [4.78, 5) is 23.8. The third-order valence-corrected chi connectivity index (χ3v) is 4.03. The number of nitrogens with one attached hydrogen (secondary N) is 1. The molecule has 6 nitrogen and oxygen atoms in total. The molecular formula is C18H18BrNO5. The number of carbonyl (C=O) groups is 2. The second-order valence-corrected chi connectivity index (χ2v) is 5.90. The molecule has 0 heterocycles. The highest BCUT2D eigenvalue weighted by atomic mass is 79.9. The minimum Gasteiger partial charge on any atom is -0.497 e. The number of benzene rings is 2. The van der Waals surface area contributed by atoms with Crippen molar-refractivity contribution in [2.75, 3.05) is 26.1 Å². The van der Waals surface area contributed by atoms with Crippen LogP contribution in [0.4, 0.5) is 5.69 Å². The summed E-state index contributed by atoms with van der Waals surface area (Å²) in [6.45, 7) is -0.362. The average Bonchev–Trinajstić information content (AvgIpc) is 2.62. The van der Waals surface area contributed by atoms with Gasteiger partial charge in [0.2, 0.25) is 0 Å². The van der Waals surface area contributed by atoms with Crippen LogP contribution in [0.2, 0.25) is 0 Å². The number of methoxy groups -OCH3 is 2. The molecule has 0 atom stereocenters. The molecular weight excluding hydrogens is 390 g/mol. The van der Waals surface area contributed by atoms with Crippen molar-refractivity contribution in [3.05, 3.63) is 52.5 Å². The van der Waals surface area contributed by atoms with E-state index < -0.39 is 11.9 Å². The Balaban J connectivity index is 1.88. The van der Waals surface area contributed by atoms with E-state index in [1.54, 1.807) is 43.5 Å². The smallest absolute Gasteiger partial charge is 0.310 e. The Morgan fingerprint density at radius 1 is 1.08 bits per heavy atom. The highest BCUT2D eigenvalue weighted by Crippen LogP contribution is 2.25. The van der Waals surface area contributed by atoms with Gasteiger partial charge in [-0.05, 0) is 34.1 Å². The van der Waals surface area contributed by atoms with Gasteiger partial charge in [0.15, 0.2) is 6.61 Å². The molecule has 0 aliphatic rings. The van der Waals surface area contributed by atoms with Crippen molar-refractivity contribution in [2.45, 2.75) is 6.42 Å². The topological polar surface area (TPSA) is 73.9 Å². The molecule has 1 N–H and O–H groups in total. The van der Waals surface area contributed by atoms with E-state index in [1.807, 2.05) is 6.07 Å². The Bertz CT molecular complexity index is 763. The van der Waals surface area contributed by atoms with Crippen molar-refractivity contribution in [1.82, 2.24) is 0 Å². The van der Waals surface area contributed by atoms with Crippen LogP contribution >= 0.6 is 15.9 Å². The van der Waals surface area contributed by atoms with E-state index in [2.05, 4.69) is 21.2 Å². The van der Waals surface area contributed by atoms with Crippen LogP contribution in [0.15, 0.2) is 46.9 Å². The lowest BCUT2D eigenvalue weighted by Crippen LogP contribution is -2.21. The van der Waals surface area contributed by atoms with Crippen LogP contribution < -0.4 is 14.8 Å². The maximum absolute atomic E-state index is 12.0. The summed E-state index contributed by atoms with van der Waals surface area (Å²) >= 11 is 3.33. The van der Waals surface area contributed by atoms with Crippen molar-refractivity contribution in [3.8, 4) is 11.5 Å². The molecule has 25 heavy (non-hydrogen) atoms. The van der Waals surface area contributed by atoms with Gasteiger partial charge in [0, 0.05) is 16.1 Å². The number of hydrogen-bond acceptors (Lipinski definition) is 5. The summed E-state index contributed by atoms with van der Waals surface area (Å²) < 4.78 is 16.1. The number of carbonyl (C=O) groups excluding carboxylic acids is 2. The minimum absolute atomic E-state index is 0.00449. The van der Waals surface area contributed by atoms with Gasteiger partial charge in [-0.1, -0.05) is 18.2 Å². The summed E-state index contributed by atoms with van der Waals surface area (Å²) in [6, 6.07) is 12.3. The molecule has 0 spiro atoms. The Kier molecular flexibility index (Phi) is 6.82. The number of hydrogen-bond donors (Lipinski definition) is 1. The van der Waals surface area contributed by atoms with Gasteiger partial charge in [-0.2, -0.15) is 0 Å². The van der Waals surface area contributed by atoms with Crippen LogP contribution in [0.3, 0.4) is 0 Å². The van der Waals surface area contributed by atoms with Crippen molar-refractivity contribution in [3.63, 3.8) is 0 Å². The van der Waals surface area contributed by atoms with E-state index in [0.29, 0.717) is 22.7 Å². The van der Waals surface area contributed by atoms with Gasteiger partial charge >= 0.3 is 5.97 Å². The standard InChI is InChI=1S/C18H18BrNO5/c1-23-13-8-7-12(16(10-13)24-2)9-18(22)25-11-17(21)20-15-6-4-3-5-14(15)19/h3-8,10H,9,11H2,1-2H3,(H,20,21). The van der Waals surface area contributed by atoms with E-state index in [0.717, 1.165) is 4.47 Å². The van der Waals surface area contributed by atoms with Crippen molar-refractivity contribution in [2.24, 2.45) is 0 Å². The normalized spacial score (nSPS) is 10.0. The summed E-state index contributed by atoms with van der Waals surface area (Å²) in [5, 5.41) is 2.66. The summed E-state index contributed by atoms with van der Waals surface area (Å²) in [5.74, 6) is 0.212. The minimum atomic E-state index is -0.522. The first kappa shape index (κ1) is 18.8. The molecule has 132 valence electrons. The van der Waals surface area contributed by atoms with Crippen molar-refractivity contribution < 1.29 is 23.8 Å². The number of halogens is 1. The number of amides is 1. The van der Waals surface area contributed by atoms with Crippen molar-refractivity contribution in [1.29, 1.82) is 0 Å². The zero-order chi connectivity index (χ0) is 18.2. The van der Waals surface area contributed by atoms with Gasteiger partial charge in [0.1, 0.15) is 11.5 Å². The molecule has 1 amide bonds. The molecule has 0 aliphatic heterocycles. The molecule has 2 rings (SSSR count). The molecule has 0 fully saturated rings. The van der Waals surface area contributed by atoms with Crippen LogP contribution in [-0.4, -0.2) is 32.7 Å². The summed E-state index contributed by atoms with van der Waals surface area (Å²) in [7, 11) is 3.06. The number of rotatable bonds is 7. The molecule has 2 aromatic carbocycles. The quantitative estimate of drug-likeness (QED) is 0.713. The van der Waals surface area contributed by atoms with Gasteiger partial charge in [-0.25, -0.2) is 0 Å². The molecule has 0 unspecified atom stereocenters. The first-order chi connectivity index (χ1) is 12.0. The van der Waals surface area contributed by atoms with E-state index in [1.165, 1.54) is 7.11 Å². The number of esters is 1. The predicted octanol–water partition coefficient (Wildman–Crippen LogP) is 3.19. The highest BCUT2D eigenvalue weighted by molar-refractivity contribution is 9.10. The zero-order valence-electron chi connectivity index (χ0n) is 13.9. The van der Waals surface area contributed by atoms with Gasteiger partial charge in [0.25, 0.3) is 5.91 Å². The summed E-state index contributed by atoms with van der Waals surface area (Å²) in [6.07, 6.45) is -0.00449. The Morgan fingerprint density at radius 3 is 2.52 bits per heavy atom. The molecule has 0 bridgehead atoms. The lowest BCUT2D eigenvalue weighted by molar-refractivity contribution is -0.146. The molecule has 0 aliphatic carbocycles. The predicted molar refractivity (Wildman–Crippen MR) is 97.0 cm³/mol.